The molecule has 4 atom stereocenters. The minimum Gasteiger partial charge on any atom is -0.325 e. The molecule has 26 heavy (non-hydrogen) atoms. The standard InChI is InChI=1S/C19H31N3O3S/c1-13-8-6-11-18(14(13)2)20-15(3)19(23)21-16-9-7-10-17(12-16)26(24,25)22(4)5/h7,9-10,12-15,18,20H,6,8,11H2,1-5H3,(H,21,23)/t13-,14+,15-,18+/m0/s1. The van der Waals surface area contributed by atoms with E-state index in [9.17, 15) is 13.2 Å². The molecule has 0 spiro atoms. The lowest BCUT2D eigenvalue weighted by Crippen LogP contribution is -2.49. The number of sulfonamides is 1. The molecule has 0 bridgehead atoms. The molecule has 2 rings (SSSR count). The molecule has 0 aliphatic heterocycles. The highest BCUT2D eigenvalue weighted by Crippen LogP contribution is 2.29. The second-order valence-electron chi connectivity index (χ2n) is 7.57. The monoisotopic (exact) mass is 381 g/mol. The Kier molecular flexibility index (Phi) is 6.82. The van der Waals surface area contributed by atoms with Crippen LogP contribution in [0.3, 0.4) is 0 Å². The summed E-state index contributed by atoms with van der Waals surface area (Å²) >= 11 is 0. The van der Waals surface area contributed by atoms with Crippen LogP contribution in [0.25, 0.3) is 0 Å². The number of rotatable bonds is 6. The fourth-order valence-corrected chi connectivity index (χ4v) is 4.36. The van der Waals surface area contributed by atoms with Crippen molar-refractivity contribution in [2.24, 2.45) is 11.8 Å². The van der Waals surface area contributed by atoms with E-state index in [4.69, 9.17) is 0 Å². The van der Waals surface area contributed by atoms with E-state index in [1.165, 1.54) is 39.1 Å². The van der Waals surface area contributed by atoms with Crippen LogP contribution < -0.4 is 10.6 Å². The predicted octanol–water partition coefficient (Wildman–Crippen LogP) is 2.68. The molecule has 1 fully saturated rings. The van der Waals surface area contributed by atoms with E-state index in [1.807, 2.05) is 6.92 Å². The van der Waals surface area contributed by atoms with Crippen molar-refractivity contribution < 1.29 is 13.2 Å². The second-order valence-corrected chi connectivity index (χ2v) is 9.72. The SMILES string of the molecule is C[C@@H]1[C@@H](C)CCC[C@H]1N[C@@H](C)C(=O)Nc1cccc(S(=O)(=O)N(C)C)c1. The van der Waals surface area contributed by atoms with Gasteiger partial charge in [-0.05, 0) is 43.4 Å². The highest BCUT2D eigenvalue weighted by molar-refractivity contribution is 7.89. The highest BCUT2D eigenvalue weighted by Gasteiger charge is 2.29. The molecule has 7 heteroatoms. The highest BCUT2D eigenvalue weighted by atomic mass is 32.2. The fraction of sp³-hybridized carbons (Fsp3) is 0.632. The summed E-state index contributed by atoms with van der Waals surface area (Å²) in [6, 6.07) is 6.34. The van der Waals surface area contributed by atoms with Crippen LogP contribution in [0.4, 0.5) is 5.69 Å². The van der Waals surface area contributed by atoms with Gasteiger partial charge in [-0.1, -0.05) is 32.8 Å². The van der Waals surface area contributed by atoms with Crippen molar-refractivity contribution in [1.82, 2.24) is 9.62 Å². The summed E-state index contributed by atoms with van der Waals surface area (Å²) in [5, 5.41) is 6.27. The molecule has 0 radical (unpaired) electrons. The lowest BCUT2D eigenvalue weighted by molar-refractivity contribution is -0.118. The first kappa shape index (κ1) is 20.9. The Morgan fingerprint density at radius 2 is 1.92 bits per heavy atom. The van der Waals surface area contributed by atoms with Crippen LogP contribution in [0.5, 0.6) is 0 Å². The molecule has 1 aliphatic carbocycles. The Labute approximate surface area is 157 Å². The van der Waals surface area contributed by atoms with E-state index in [0.717, 1.165) is 10.7 Å². The summed E-state index contributed by atoms with van der Waals surface area (Å²) in [6.07, 6.45) is 3.51. The van der Waals surface area contributed by atoms with Gasteiger partial charge in [-0.3, -0.25) is 4.79 Å². The molecule has 1 saturated carbocycles. The zero-order valence-electron chi connectivity index (χ0n) is 16.3. The molecular formula is C19H31N3O3S. The number of anilines is 1. The van der Waals surface area contributed by atoms with Crippen LogP contribution >= 0.6 is 0 Å². The van der Waals surface area contributed by atoms with E-state index in [1.54, 1.807) is 12.1 Å². The first-order chi connectivity index (χ1) is 12.1. The maximum atomic E-state index is 12.5. The number of amides is 1. The zero-order chi connectivity index (χ0) is 19.5. The van der Waals surface area contributed by atoms with Crippen LogP contribution in [0.2, 0.25) is 0 Å². The van der Waals surface area contributed by atoms with Crippen molar-refractivity contribution in [3.63, 3.8) is 0 Å². The summed E-state index contributed by atoms with van der Waals surface area (Å²) in [6.45, 7) is 6.35. The van der Waals surface area contributed by atoms with Crippen LogP contribution in [-0.2, 0) is 14.8 Å². The molecule has 0 saturated heterocycles. The van der Waals surface area contributed by atoms with Gasteiger partial charge in [-0.25, -0.2) is 12.7 Å². The minimum absolute atomic E-state index is 0.158. The van der Waals surface area contributed by atoms with Gasteiger partial charge < -0.3 is 10.6 Å². The van der Waals surface area contributed by atoms with Crippen LogP contribution in [0.1, 0.15) is 40.0 Å². The van der Waals surface area contributed by atoms with E-state index in [0.29, 0.717) is 23.6 Å². The van der Waals surface area contributed by atoms with Gasteiger partial charge in [-0.2, -0.15) is 0 Å². The maximum absolute atomic E-state index is 12.5. The van der Waals surface area contributed by atoms with Gasteiger partial charge >= 0.3 is 0 Å². The van der Waals surface area contributed by atoms with E-state index >= 15 is 0 Å². The summed E-state index contributed by atoms with van der Waals surface area (Å²) in [5.41, 5.74) is 0.483. The Hall–Kier alpha value is -1.44. The Morgan fingerprint density at radius 1 is 1.23 bits per heavy atom. The molecule has 1 amide bonds. The Balaban J connectivity index is 2.03. The lowest BCUT2D eigenvalue weighted by atomic mass is 9.78. The Morgan fingerprint density at radius 3 is 2.58 bits per heavy atom. The van der Waals surface area contributed by atoms with Gasteiger partial charge in [0.2, 0.25) is 15.9 Å². The van der Waals surface area contributed by atoms with Gasteiger partial charge in [-0.15, -0.1) is 0 Å². The minimum atomic E-state index is -3.53. The van der Waals surface area contributed by atoms with Gasteiger partial charge in [0.25, 0.3) is 0 Å². The van der Waals surface area contributed by atoms with E-state index in [-0.39, 0.29) is 16.8 Å². The van der Waals surface area contributed by atoms with Gasteiger partial charge in [0.1, 0.15) is 0 Å². The molecule has 6 nitrogen and oxygen atoms in total. The molecule has 1 aromatic carbocycles. The number of hydrogen-bond acceptors (Lipinski definition) is 4. The van der Waals surface area contributed by atoms with Crippen molar-refractivity contribution in [2.75, 3.05) is 19.4 Å². The molecular weight excluding hydrogens is 350 g/mol. The molecule has 0 aromatic heterocycles. The lowest BCUT2D eigenvalue weighted by Gasteiger charge is -2.36. The van der Waals surface area contributed by atoms with Crippen molar-refractivity contribution >= 4 is 21.6 Å². The zero-order valence-corrected chi connectivity index (χ0v) is 17.1. The number of hydrogen-bond donors (Lipinski definition) is 2. The third-order valence-corrected chi connectivity index (χ3v) is 7.26. The van der Waals surface area contributed by atoms with Gasteiger partial charge in [0, 0.05) is 25.8 Å². The first-order valence-corrected chi connectivity index (χ1v) is 10.7. The van der Waals surface area contributed by atoms with Gasteiger partial charge in [0.05, 0.1) is 10.9 Å². The molecule has 0 heterocycles. The number of carbonyl (C=O) groups is 1. The van der Waals surface area contributed by atoms with Crippen molar-refractivity contribution in [1.29, 1.82) is 0 Å². The summed E-state index contributed by atoms with van der Waals surface area (Å²) in [5.74, 6) is 1.03. The van der Waals surface area contributed by atoms with Gasteiger partial charge in [0.15, 0.2) is 0 Å². The molecule has 1 aromatic rings. The second kappa shape index (κ2) is 8.50. The fourth-order valence-electron chi connectivity index (χ4n) is 3.41. The molecule has 0 unspecified atom stereocenters. The normalized spacial score (nSPS) is 25.1. The smallest absolute Gasteiger partial charge is 0.242 e. The van der Waals surface area contributed by atoms with Crippen LogP contribution in [0, 0.1) is 11.8 Å². The molecule has 146 valence electrons. The predicted molar refractivity (Wildman–Crippen MR) is 105 cm³/mol. The van der Waals surface area contributed by atoms with Crippen molar-refractivity contribution in [2.45, 2.75) is 57.0 Å². The summed E-state index contributed by atoms with van der Waals surface area (Å²) in [7, 11) is -0.555. The molecule has 2 N–H and O–H groups in total. The number of nitrogens with zero attached hydrogens (tertiary/aromatic N) is 1. The third-order valence-electron chi connectivity index (χ3n) is 5.44. The summed E-state index contributed by atoms with van der Waals surface area (Å²) in [4.78, 5) is 12.7. The average molecular weight is 382 g/mol. The summed E-state index contributed by atoms with van der Waals surface area (Å²) < 4.78 is 25.6. The van der Waals surface area contributed by atoms with Crippen LogP contribution in [-0.4, -0.2) is 44.8 Å². The van der Waals surface area contributed by atoms with Crippen molar-refractivity contribution in [3.8, 4) is 0 Å². The topological polar surface area (TPSA) is 78.5 Å². The number of carbonyl (C=O) groups excluding carboxylic acids is 1. The average Bonchev–Trinajstić information content (AvgIpc) is 2.59. The largest absolute Gasteiger partial charge is 0.325 e. The number of nitrogens with one attached hydrogen (secondary N) is 2. The van der Waals surface area contributed by atoms with Crippen molar-refractivity contribution in [3.05, 3.63) is 24.3 Å². The van der Waals surface area contributed by atoms with E-state index in [2.05, 4.69) is 24.5 Å². The quantitative estimate of drug-likeness (QED) is 0.794. The van der Waals surface area contributed by atoms with Crippen LogP contribution in [0.15, 0.2) is 29.2 Å². The van der Waals surface area contributed by atoms with E-state index < -0.39 is 10.0 Å². The number of benzene rings is 1. The third kappa shape index (κ3) is 4.84. The first-order valence-electron chi connectivity index (χ1n) is 9.22. The Bertz CT molecular complexity index is 733. The maximum Gasteiger partial charge on any atom is 0.242 e. The molecule has 1 aliphatic rings.